The zero-order chi connectivity index (χ0) is 10.8. The quantitative estimate of drug-likeness (QED) is 0.853. The molecule has 3 heterocycles. The maximum absolute atomic E-state index is 4.51. The molecule has 0 saturated carbocycles. The van der Waals surface area contributed by atoms with E-state index in [1.807, 2.05) is 35.0 Å². The average Bonchev–Trinajstić information content (AvgIpc) is 2.95. The molecule has 5 heteroatoms. The summed E-state index contributed by atoms with van der Waals surface area (Å²) >= 11 is 1.77. The van der Waals surface area contributed by atoms with Crippen LogP contribution in [0.5, 0.6) is 0 Å². The van der Waals surface area contributed by atoms with Crippen molar-refractivity contribution in [3.8, 4) is 0 Å². The van der Waals surface area contributed by atoms with E-state index in [4.69, 9.17) is 0 Å². The van der Waals surface area contributed by atoms with E-state index in [2.05, 4.69) is 15.3 Å². The molecular formula is C11H12N4S. The van der Waals surface area contributed by atoms with Gasteiger partial charge in [0.25, 0.3) is 0 Å². The molecule has 1 aliphatic heterocycles. The number of aromatic nitrogens is 2. The Morgan fingerprint density at radius 1 is 1.44 bits per heavy atom. The van der Waals surface area contributed by atoms with E-state index in [0.29, 0.717) is 0 Å². The van der Waals surface area contributed by atoms with E-state index in [1.165, 1.54) is 0 Å². The van der Waals surface area contributed by atoms with E-state index in [1.54, 1.807) is 11.8 Å². The molecule has 0 aromatic carbocycles. The van der Waals surface area contributed by atoms with E-state index in [9.17, 15) is 0 Å². The Morgan fingerprint density at radius 3 is 3.25 bits per heavy atom. The topological polar surface area (TPSA) is 41.7 Å². The summed E-state index contributed by atoms with van der Waals surface area (Å²) in [6.07, 6.45) is 4.05. The number of fused-ring (bicyclic) bond motifs is 1. The van der Waals surface area contributed by atoms with Gasteiger partial charge in [0.2, 0.25) is 0 Å². The van der Waals surface area contributed by atoms with Crippen molar-refractivity contribution in [1.82, 2.24) is 14.7 Å². The number of hydrogen-bond donors (Lipinski definition) is 1. The highest BCUT2D eigenvalue weighted by Crippen LogP contribution is 2.10. The first kappa shape index (κ1) is 9.72. The van der Waals surface area contributed by atoms with Crippen molar-refractivity contribution in [3.63, 3.8) is 0 Å². The summed E-state index contributed by atoms with van der Waals surface area (Å²) < 4.78 is 2.03. The third-order valence-corrected chi connectivity index (χ3v) is 3.35. The second-order valence-corrected chi connectivity index (χ2v) is 4.67. The standard InChI is InChI=1S/C11H12N4S/c1-2-5-15-8-9(14-10(15)3-1)7-13-11-12-4-6-16-11/h1-3,5,8H,4,6-7H2,(H,12,13). The molecule has 0 unspecified atom stereocenters. The molecule has 82 valence electrons. The molecule has 0 aliphatic carbocycles. The van der Waals surface area contributed by atoms with Gasteiger partial charge in [0.15, 0.2) is 5.17 Å². The maximum atomic E-state index is 4.51. The third kappa shape index (κ3) is 1.90. The number of hydrogen-bond acceptors (Lipinski definition) is 4. The van der Waals surface area contributed by atoms with Gasteiger partial charge in [-0.3, -0.25) is 4.99 Å². The van der Waals surface area contributed by atoms with Gasteiger partial charge in [-0.15, -0.1) is 0 Å². The number of rotatable bonds is 2. The van der Waals surface area contributed by atoms with Gasteiger partial charge in [-0.2, -0.15) is 0 Å². The lowest BCUT2D eigenvalue weighted by atomic mass is 10.5. The van der Waals surface area contributed by atoms with Gasteiger partial charge in [-0.1, -0.05) is 17.8 Å². The first-order valence-electron chi connectivity index (χ1n) is 5.25. The lowest BCUT2D eigenvalue weighted by molar-refractivity contribution is 0.892. The van der Waals surface area contributed by atoms with Crippen molar-refractivity contribution >= 4 is 22.6 Å². The van der Waals surface area contributed by atoms with Crippen LogP contribution in [-0.2, 0) is 6.54 Å². The predicted molar refractivity (Wildman–Crippen MR) is 66.8 cm³/mol. The molecule has 16 heavy (non-hydrogen) atoms. The van der Waals surface area contributed by atoms with Crippen LogP contribution in [0, 0.1) is 0 Å². The van der Waals surface area contributed by atoms with E-state index in [0.717, 1.165) is 35.4 Å². The van der Waals surface area contributed by atoms with Crippen LogP contribution in [0.25, 0.3) is 5.65 Å². The first-order chi connectivity index (χ1) is 7.92. The summed E-state index contributed by atoms with van der Waals surface area (Å²) in [7, 11) is 0. The normalized spacial score (nSPS) is 15.4. The number of nitrogens with zero attached hydrogens (tertiary/aromatic N) is 3. The van der Waals surface area contributed by atoms with Gasteiger partial charge < -0.3 is 9.72 Å². The summed E-state index contributed by atoms with van der Waals surface area (Å²) in [5.41, 5.74) is 2.03. The number of nitrogens with one attached hydrogen (secondary N) is 1. The Kier molecular flexibility index (Phi) is 2.53. The smallest absolute Gasteiger partial charge is 0.156 e. The zero-order valence-electron chi connectivity index (χ0n) is 8.76. The lowest BCUT2D eigenvalue weighted by Crippen LogP contribution is -2.18. The van der Waals surface area contributed by atoms with Crippen molar-refractivity contribution < 1.29 is 0 Å². The van der Waals surface area contributed by atoms with Crippen LogP contribution in [0.1, 0.15) is 5.69 Å². The number of imidazole rings is 1. The summed E-state index contributed by atoms with van der Waals surface area (Å²) in [6.45, 7) is 1.67. The second kappa shape index (κ2) is 4.17. The van der Waals surface area contributed by atoms with Crippen LogP contribution < -0.4 is 5.32 Å². The van der Waals surface area contributed by atoms with Crippen molar-refractivity contribution in [2.24, 2.45) is 4.99 Å². The minimum absolute atomic E-state index is 0.744. The first-order valence-corrected chi connectivity index (χ1v) is 6.24. The number of pyridine rings is 1. The Balaban J connectivity index is 1.74. The van der Waals surface area contributed by atoms with Crippen molar-refractivity contribution in [3.05, 3.63) is 36.3 Å². The molecule has 0 radical (unpaired) electrons. The molecule has 4 nitrogen and oxygen atoms in total. The molecule has 0 fully saturated rings. The highest BCUT2D eigenvalue weighted by molar-refractivity contribution is 8.14. The molecule has 2 aromatic rings. The monoisotopic (exact) mass is 232 g/mol. The molecule has 0 atom stereocenters. The van der Waals surface area contributed by atoms with Gasteiger partial charge >= 0.3 is 0 Å². The van der Waals surface area contributed by atoms with Crippen LogP contribution >= 0.6 is 11.8 Å². The molecule has 2 aromatic heterocycles. The fraction of sp³-hybridized carbons (Fsp3) is 0.273. The Labute approximate surface area is 97.8 Å². The van der Waals surface area contributed by atoms with Gasteiger partial charge in [-0.05, 0) is 12.1 Å². The highest BCUT2D eigenvalue weighted by atomic mass is 32.2. The fourth-order valence-corrected chi connectivity index (χ4v) is 2.41. The zero-order valence-corrected chi connectivity index (χ0v) is 9.57. The largest absolute Gasteiger partial charge is 0.359 e. The molecule has 1 aliphatic rings. The second-order valence-electron chi connectivity index (χ2n) is 3.59. The molecule has 0 spiro atoms. The maximum Gasteiger partial charge on any atom is 0.156 e. The number of thioether (sulfide) groups is 1. The van der Waals surface area contributed by atoms with Crippen molar-refractivity contribution in [2.75, 3.05) is 12.3 Å². The van der Waals surface area contributed by atoms with Gasteiger partial charge in [-0.25, -0.2) is 4.98 Å². The van der Waals surface area contributed by atoms with Crippen LogP contribution in [0.15, 0.2) is 35.6 Å². The van der Waals surface area contributed by atoms with Crippen LogP contribution in [0.2, 0.25) is 0 Å². The molecule has 0 saturated heterocycles. The van der Waals surface area contributed by atoms with Gasteiger partial charge in [0.05, 0.1) is 18.8 Å². The molecular weight excluding hydrogens is 220 g/mol. The molecule has 0 amide bonds. The minimum atomic E-state index is 0.744. The van der Waals surface area contributed by atoms with E-state index < -0.39 is 0 Å². The summed E-state index contributed by atoms with van der Waals surface area (Å²) in [5.74, 6) is 1.09. The van der Waals surface area contributed by atoms with Gasteiger partial charge in [0.1, 0.15) is 5.65 Å². The van der Waals surface area contributed by atoms with E-state index >= 15 is 0 Å². The van der Waals surface area contributed by atoms with Gasteiger partial charge in [0, 0.05) is 18.1 Å². The summed E-state index contributed by atoms with van der Waals surface area (Å²) in [5, 5.41) is 4.33. The van der Waals surface area contributed by atoms with Crippen molar-refractivity contribution in [2.45, 2.75) is 6.54 Å². The van der Waals surface area contributed by atoms with Crippen molar-refractivity contribution in [1.29, 1.82) is 0 Å². The van der Waals surface area contributed by atoms with Crippen LogP contribution in [0.3, 0.4) is 0 Å². The summed E-state index contributed by atoms with van der Waals surface area (Å²) in [4.78, 5) is 8.85. The Morgan fingerprint density at radius 2 is 2.44 bits per heavy atom. The number of aliphatic imine (C=N–C) groups is 1. The highest BCUT2D eigenvalue weighted by Gasteiger charge is 2.07. The average molecular weight is 232 g/mol. The summed E-state index contributed by atoms with van der Waals surface area (Å²) in [6, 6.07) is 6.00. The Bertz CT molecular complexity index is 499. The van der Waals surface area contributed by atoms with Crippen LogP contribution in [0.4, 0.5) is 0 Å². The van der Waals surface area contributed by atoms with E-state index in [-0.39, 0.29) is 0 Å². The lowest BCUT2D eigenvalue weighted by Gasteiger charge is -2.00. The molecule has 1 N–H and O–H groups in total. The third-order valence-electron chi connectivity index (χ3n) is 2.42. The molecule has 3 rings (SSSR count). The minimum Gasteiger partial charge on any atom is -0.359 e. The van der Waals surface area contributed by atoms with Crippen LogP contribution in [-0.4, -0.2) is 26.8 Å². The number of amidine groups is 1. The predicted octanol–water partition coefficient (Wildman–Crippen LogP) is 1.53. The molecule has 0 bridgehead atoms. The fourth-order valence-electron chi connectivity index (χ4n) is 1.68. The SMILES string of the molecule is c1ccn2cc(CNC3=NCCS3)nc2c1. The Hall–Kier alpha value is -1.49.